The summed E-state index contributed by atoms with van der Waals surface area (Å²) >= 11 is 5.90. The van der Waals surface area contributed by atoms with Gasteiger partial charge in [0.1, 0.15) is 4.90 Å². The Morgan fingerprint density at radius 1 is 1.50 bits per heavy atom. The Kier molecular flexibility index (Phi) is 5.94. The van der Waals surface area contributed by atoms with E-state index in [9.17, 15) is 13.2 Å². The number of benzene rings is 1. The maximum atomic E-state index is 12.1. The number of hydrogen-bond donors (Lipinski definition) is 2. The van der Waals surface area contributed by atoms with Gasteiger partial charge in [-0.15, -0.1) is 0 Å². The van der Waals surface area contributed by atoms with Crippen LogP contribution in [-0.4, -0.2) is 39.3 Å². The zero-order valence-electron chi connectivity index (χ0n) is 11.1. The molecule has 8 heteroatoms. The highest BCUT2D eigenvalue weighted by atomic mass is 35.5. The highest BCUT2D eigenvalue weighted by Crippen LogP contribution is 2.22. The first-order valence-corrected chi connectivity index (χ1v) is 7.63. The quantitative estimate of drug-likeness (QED) is 0.792. The number of carboxylic acid groups (broad SMARTS) is 1. The molecule has 0 heterocycles. The van der Waals surface area contributed by atoms with Crippen LogP contribution >= 0.6 is 11.6 Å². The van der Waals surface area contributed by atoms with Crippen molar-refractivity contribution in [2.45, 2.75) is 24.3 Å². The van der Waals surface area contributed by atoms with Gasteiger partial charge in [0.2, 0.25) is 10.0 Å². The molecule has 0 saturated carbocycles. The number of hydrogen-bond acceptors (Lipinski definition) is 4. The predicted molar refractivity (Wildman–Crippen MR) is 74.4 cm³/mol. The minimum atomic E-state index is -3.80. The van der Waals surface area contributed by atoms with Gasteiger partial charge in [-0.25, -0.2) is 13.1 Å². The molecular weight excluding hydrogens is 306 g/mol. The second kappa shape index (κ2) is 7.03. The van der Waals surface area contributed by atoms with E-state index in [0.717, 1.165) is 5.56 Å². The zero-order valence-corrected chi connectivity index (χ0v) is 12.7. The molecule has 112 valence electrons. The third-order valence-electron chi connectivity index (χ3n) is 2.61. The molecule has 0 fully saturated rings. The van der Waals surface area contributed by atoms with Crippen LogP contribution in [0.1, 0.15) is 12.0 Å². The van der Waals surface area contributed by atoms with E-state index in [4.69, 9.17) is 21.4 Å². The number of rotatable bonds is 7. The van der Waals surface area contributed by atoms with Gasteiger partial charge in [-0.1, -0.05) is 17.7 Å². The summed E-state index contributed by atoms with van der Waals surface area (Å²) in [6.07, 6.45) is -1.04. The van der Waals surface area contributed by atoms with Gasteiger partial charge in [0.15, 0.2) is 0 Å². The molecule has 0 aliphatic heterocycles. The molecule has 0 aromatic heterocycles. The van der Waals surface area contributed by atoms with Gasteiger partial charge in [0.25, 0.3) is 0 Å². The molecule has 0 amide bonds. The van der Waals surface area contributed by atoms with Crippen LogP contribution in [0.25, 0.3) is 0 Å². The summed E-state index contributed by atoms with van der Waals surface area (Å²) in [5, 5.41) is 8.77. The summed E-state index contributed by atoms with van der Waals surface area (Å²) in [4.78, 5) is 10.5. The first-order chi connectivity index (χ1) is 9.26. The molecule has 0 aliphatic rings. The molecule has 1 unspecified atom stereocenters. The molecule has 0 saturated heterocycles. The van der Waals surface area contributed by atoms with E-state index in [1.165, 1.54) is 13.2 Å². The van der Waals surface area contributed by atoms with Crippen LogP contribution in [0.3, 0.4) is 0 Å². The third kappa shape index (κ3) is 4.75. The lowest BCUT2D eigenvalue weighted by molar-refractivity contribution is -0.139. The van der Waals surface area contributed by atoms with Crippen LogP contribution in [0, 0.1) is 6.92 Å². The monoisotopic (exact) mass is 321 g/mol. The number of sulfonamides is 1. The van der Waals surface area contributed by atoms with Crippen molar-refractivity contribution < 1.29 is 23.1 Å². The molecule has 1 aromatic rings. The second-order valence-corrected chi connectivity index (χ2v) is 6.38. The van der Waals surface area contributed by atoms with Crippen molar-refractivity contribution >= 4 is 27.6 Å². The van der Waals surface area contributed by atoms with E-state index in [2.05, 4.69) is 4.72 Å². The van der Waals surface area contributed by atoms with Crippen LogP contribution in [0.5, 0.6) is 0 Å². The second-order valence-electron chi connectivity index (χ2n) is 4.24. The topological polar surface area (TPSA) is 92.7 Å². The highest BCUT2D eigenvalue weighted by molar-refractivity contribution is 7.89. The van der Waals surface area contributed by atoms with E-state index in [1.54, 1.807) is 19.1 Å². The van der Waals surface area contributed by atoms with Crippen molar-refractivity contribution in [3.05, 3.63) is 28.8 Å². The van der Waals surface area contributed by atoms with Gasteiger partial charge in [0.05, 0.1) is 17.5 Å². The lowest BCUT2D eigenvalue weighted by Crippen LogP contribution is -2.34. The largest absolute Gasteiger partial charge is 0.481 e. The maximum Gasteiger partial charge on any atom is 0.306 e. The number of carboxylic acids is 1. The first kappa shape index (κ1) is 16.9. The van der Waals surface area contributed by atoms with Crippen LogP contribution in [0.4, 0.5) is 0 Å². The van der Waals surface area contributed by atoms with Crippen molar-refractivity contribution in [2.75, 3.05) is 13.7 Å². The maximum absolute atomic E-state index is 12.1. The summed E-state index contributed by atoms with van der Waals surface area (Å²) < 4.78 is 31.3. The summed E-state index contributed by atoms with van der Waals surface area (Å²) in [7, 11) is -2.48. The Hall–Kier alpha value is -1.15. The number of carbonyl (C=O) groups is 1. The summed E-state index contributed by atoms with van der Waals surface area (Å²) in [5.74, 6) is -1.07. The molecule has 1 aromatic carbocycles. The number of methoxy groups -OCH3 is 1. The van der Waals surface area contributed by atoms with Gasteiger partial charge in [-0.3, -0.25) is 4.79 Å². The smallest absolute Gasteiger partial charge is 0.306 e. The fraction of sp³-hybridized carbons (Fsp3) is 0.417. The van der Waals surface area contributed by atoms with Crippen LogP contribution in [0.2, 0.25) is 5.02 Å². The Labute approximate surface area is 122 Å². The van der Waals surface area contributed by atoms with Gasteiger partial charge < -0.3 is 9.84 Å². The van der Waals surface area contributed by atoms with Gasteiger partial charge >= 0.3 is 5.97 Å². The predicted octanol–water partition coefficient (Wildman–Crippen LogP) is 1.42. The van der Waals surface area contributed by atoms with Crippen LogP contribution in [0.15, 0.2) is 23.1 Å². The van der Waals surface area contributed by atoms with E-state index in [-0.39, 0.29) is 22.9 Å². The average Bonchev–Trinajstić information content (AvgIpc) is 2.33. The highest BCUT2D eigenvalue weighted by Gasteiger charge is 2.20. The number of ether oxygens (including phenoxy) is 1. The molecule has 1 rings (SSSR count). The fourth-order valence-electron chi connectivity index (χ4n) is 1.54. The van der Waals surface area contributed by atoms with Crippen molar-refractivity contribution in [1.82, 2.24) is 4.72 Å². The van der Waals surface area contributed by atoms with Crippen molar-refractivity contribution in [3.63, 3.8) is 0 Å². The minimum absolute atomic E-state index is 0.0463. The number of nitrogens with one attached hydrogen (secondary N) is 1. The fourth-order valence-corrected chi connectivity index (χ4v) is 3.20. The number of aliphatic carboxylic acids is 1. The number of halogens is 1. The standard InChI is InChI=1S/C12H16ClNO5S/c1-8-3-4-11(10(13)5-8)20(17,18)14-7-9(19-2)6-12(15)16/h3-5,9,14H,6-7H2,1-2H3,(H,15,16). The molecule has 0 aliphatic carbocycles. The van der Waals surface area contributed by atoms with E-state index in [0.29, 0.717) is 0 Å². The molecule has 1 atom stereocenters. The molecule has 20 heavy (non-hydrogen) atoms. The van der Waals surface area contributed by atoms with Gasteiger partial charge in [-0.2, -0.15) is 0 Å². The van der Waals surface area contributed by atoms with E-state index < -0.39 is 22.1 Å². The molecule has 6 nitrogen and oxygen atoms in total. The summed E-state index contributed by atoms with van der Waals surface area (Å²) in [6, 6.07) is 4.58. The summed E-state index contributed by atoms with van der Waals surface area (Å²) in [6.45, 7) is 1.65. The van der Waals surface area contributed by atoms with Crippen molar-refractivity contribution in [1.29, 1.82) is 0 Å². The third-order valence-corrected chi connectivity index (χ3v) is 4.52. The zero-order chi connectivity index (χ0) is 15.3. The van der Waals surface area contributed by atoms with Crippen molar-refractivity contribution in [3.8, 4) is 0 Å². The Morgan fingerprint density at radius 2 is 2.15 bits per heavy atom. The Balaban J connectivity index is 2.82. The molecule has 0 spiro atoms. The van der Waals surface area contributed by atoms with Gasteiger partial charge in [0, 0.05) is 13.7 Å². The normalized spacial score (nSPS) is 13.2. The minimum Gasteiger partial charge on any atom is -0.481 e. The van der Waals surface area contributed by atoms with Crippen LogP contribution in [-0.2, 0) is 19.6 Å². The Morgan fingerprint density at radius 3 is 2.65 bits per heavy atom. The first-order valence-electron chi connectivity index (χ1n) is 5.76. The van der Waals surface area contributed by atoms with E-state index in [1.807, 2.05) is 0 Å². The van der Waals surface area contributed by atoms with Gasteiger partial charge in [-0.05, 0) is 24.6 Å². The van der Waals surface area contributed by atoms with Crippen molar-refractivity contribution in [2.24, 2.45) is 0 Å². The molecular formula is C12H16ClNO5S. The van der Waals surface area contributed by atoms with Crippen LogP contribution < -0.4 is 4.72 Å². The summed E-state index contributed by atoms with van der Waals surface area (Å²) in [5.41, 5.74) is 0.842. The lowest BCUT2D eigenvalue weighted by Gasteiger charge is -2.14. The molecule has 2 N–H and O–H groups in total. The molecule has 0 bridgehead atoms. The average molecular weight is 322 g/mol. The SMILES string of the molecule is COC(CNS(=O)(=O)c1ccc(C)cc1Cl)CC(=O)O. The van der Waals surface area contributed by atoms with E-state index >= 15 is 0 Å². The lowest BCUT2D eigenvalue weighted by atomic mass is 10.2. The molecule has 0 radical (unpaired) electrons. The Bertz CT molecular complexity index is 588. The number of aryl methyl sites for hydroxylation is 1.